The summed E-state index contributed by atoms with van der Waals surface area (Å²) in [5.41, 5.74) is 6.25. The summed E-state index contributed by atoms with van der Waals surface area (Å²) in [6.07, 6.45) is 4.28. The number of aryl methyl sites for hydroxylation is 1. The van der Waals surface area contributed by atoms with E-state index in [1.807, 2.05) is 0 Å². The summed E-state index contributed by atoms with van der Waals surface area (Å²) in [7, 11) is 2.19. The lowest BCUT2D eigenvalue weighted by molar-refractivity contribution is -0.0276. The van der Waals surface area contributed by atoms with E-state index in [0.717, 1.165) is 62.4 Å². The molecule has 1 atom stereocenters. The summed E-state index contributed by atoms with van der Waals surface area (Å²) in [6, 6.07) is 8.74. The molecule has 1 unspecified atom stereocenters. The van der Waals surface area contributed by atoms with Gasteiger partial charge in [-0.1, -0.05) is 36.4 Å². The van der Waals surface area contributed by atoms with Gasteiger partial charge in [0.15, 0.2) is 0 Å². The Balaban J connectivity index is 1.72. The summed E-state index contributed by atoms with van der Waals surface area (Å²) in [4.78, 5) is 7.46. The van der Waals surface area contributed by atoms with E-state index in [4.69, 9.17) is 9.72 Å². The van der Waals surface area contributed by atoms with Crippen LogP contribution in [-0.4, -0.2) is 40.7 Å². The molecule has 0 spiro atoms. The molecule has 4 heteroatoms. The van der Waals surface area contributed by atoms with Crippen molar-refractivity contribution in [2.75, 3.05) is 20.1 Å². The molecular formula is C23H31N3O. The third kappa shape index (κ3) is 3.74. The second-order valence-electron chi connectivity index (χ2n) is 8.26. The maximum absolute atomic E-state index is 6.75. The molecule has 0 saturated carbocycles. The molecule has 144 valence electrons. The molecule has 1 saturated heterocycles. The van der Waals surface area contributed by atoms with Crippen molar-refractivity contribution in [1.29, 1.82) is 0 Å². The maximum Gasteiger partial charge on any atom is 0.143 e. The third-order valence-electron chi connectivity index (χ3n) is 5.99. The van der Waals surface area contributed by atoms with Crippen LogP contribution in [0.25, 0.3) is 0 Å². The van der Waals surface area contributed by atoms with E-state index >= 15 is 0 Å². The quantitative estimate of drug-likeness (QED) is 0.765. The molecule has 0 bridgehead atoms. The molecule has 1 fully saturated rings. The molecule has 4 nitrogen and oxygen atoms in total. The number of aromatic nitrogens is 2. The predicted molar refractivity (Wildman–Crippen MR) is 109 cm³/mol. The minimum Gasteiger partial charge on any atom is -0.362 e. The van der Waals surface area contributed by atoms with E-state index in [1.54, 1.807) is 0 Å². The van der Waals surface area contributed by atoms with Crippen molar-refractivity contribution >= 4 is 0 Å². The number of fused-ring (bicyclic) bond motifs is 2. The topological polar surface area (TPSA) is 30.3 Å². The number of allylic oxidation sites excluding steroid dienone is 1. The molecule has 2 aromatic rings. The molecule has 4 rings (SSSR count). The number of hydrogen-bond acceptors (Lipinski definition) is 3. The maximum atomic E-state index is 6.75. The largest absolute Gasteiger partial charge is 0.362 e. The van der Waals surface area contributed by atoms with Gasteiger partial charge in [-0.25, -0.2) is 4.98 Å². The van der Waals surface area contributed by atoms with Crippen molar-refractivity contribution in [1.82, 2.24) is 14.5 Å². The number of ether oxygens (including phenoxy) is 1. The Kier molecular flexibility index (Phi) is 5.20. The molecule has 1 aromatic carbocycles. The Morgan fingerprint density at radius 1 is 1.22 bits per heavy atom. The monoisotopic (exact) mass is 365 g/mol. The van der Waals surface area contributed by atoms with Crippen molar-refractivity contribution in [3.05, 3.63) is 64.8 Å². The Labute approximate surface area is 162 Å². The smallest absolute Gasteiger partial charge is 0.143 e. The fourth-order valence-electron chi connectivity index (χ4n) is 4.38. The van der Waals surface area contributed by atoms with E-state index in [2.05, 4.69) is 61.2 Å². The van der Waals surface area contributed by atoms with Gasteiger partial charge in [0, 0.05) is 31.7 Å². The van der Waals surface area contributed by atoms with Gasteiger partial charge in [0.25, 0.3) is 0 Å². The van der Waals surface area contributed by atoms with Crippen LogP contribution in [0.4, 0.5) is 0 Å². The average Bonchev–Trinajstić information content (AvgIpc) is 2.86. The van der Waals surface area contributed by atoms with Gasteiger partial charge in [-0.3, -0.25) is 0 Å². The van der Waals surface area contributed by atoms with Gasteiger partial charge >= 0.3 is 0 Å². The molecule has 27 heavy (non-hydrogen) atoms. The minimum absolute atomic E-state index is 0.0744. The van der Waals surface area contributed by atoms with Crippen molar-refractivity contribution < 1.29 is 4.74 Å². The number of rotatable bonds is 4. The number of piperidine rings is 1. The lowest BCUT2D eigenvalue weighted by atomic mass is 10.00. The normalized spacial score (nSPS) is 20.8. The molecule has 2 aliphatic rings. The van der Waals surface area contributed by atoms with Gasteiger partial charge in [0.05, 0.1) is 11.8 Å². The summed E-state index contributed by atoms with van der Waals surface area (Å²) in [5.74, 6) is 1.08. The van der Waals surface area contributed by atoms with Gasteiger partial charge < -0.3 is 14.2 Å². The van der Waals surface area contributed by atoms with Crippen LogP contribution in [0.15, 0.2) is 36.4 Å². The first-order valence-corrected chi connectivity index (χ1v) is 10.1. The third-order valence-corrected chi connectivity index (χ3v) is 5.99. The highest BCUT2D eigenvalue weighted by atomic mass is 16.5. The van der Waals surface area contributed by atoms with Crippen molar-refractivity contribution in [2.45, 2.75) is 58.3 Å². The Hall–Kier alpha value is -1.91. The lowest BCUT2D eigenvalue weighted by Crippen LogP contribution is -2.35. The van der Waals surface area contributed by atoms with E-state index in [-0.39, 0.29) is 6.10 Å². The van der Waals surface area contributed by atoms with Crippen molar-refractivity contribution in [3.63, 3.8) is 0 Å². The second kappa shape index (κ2) is 7.61. The SMILES string of the molecule is C=C(C)Cc1nc2n(c1C)CCc1ccccc1C2OC1CCN(C)CC1. The first-order valence-electron chi connectivity index (χ1n) is 10.1. The Bertz CT molecular complexity index is 830. The fraction of sp³-hybridized carbons (Fsp3) is 0.522. The zero-order valence-electron chi connectivity index (χ0n) is 16.9. The highest BCUT2D eigenvalue weighted by molar-refractivity contribution is 5.36. The predicted octanol–water partition coefficient (Wildman–Crippen LogP) is 4.07. The van der Waals surface area contributed by atoms with Crippen LogP contribution in [-0.2, 0) is 24.1 Å². The van der Waals surface area contributed by atoms with Gasteiger partial charge in [0.2, 0.25) is 0 Å². The fourth-order valence-corrected chi connectivity index (χ4v) is 4.38. The van der Waals surface area contributed by atoms with Gasteiger partial charge in [-0.05, 0) is 51.3 Å². The minimum atomic E-state index is -0.0744. The molecule has 1 aromatic heterocycles. The highest BCUT2D eigenvalue weighted by Crippen LogP contribution is 2.35. The number of hydrogen-bond donors (Lipinski definition) is 0. The van der Waals surface area contributed by atoms with E-state index in [9.17, 15) is 0 Å². The Morgan fingerprint density at radius 2 is 1.96 bits per heavy atom. The highest BCUT2D eigenvalue weighted by Gasteiger charge is 2.31. The number of likely N-dealkylation sites (tertiary alicyclic amines) is 1. The van der Waals surface area contributed by atoms with Crippen LogP contribution in [0, 0.1) is 6.92 Å². The molecule has 0 radical (unpaired) electrons. The van der Waals surface area contributed by atoms with Crippen LogP contribution in [0.5, 0.6) is 0 Å². The van der Waals surface area contributed by atoms with Crippen LogP contribution >= 0.6 is 0 Å². The summed E-state index contributed by atoms with van der Waals surface area (Å²) in [5, 5.41) is 0. The van der Waals surface area contributed by atoms with Gasteiger partial charge in [0.1, 0.15) is 11.9 Å². The summed E-state index contributed by atoms with van der Waals surface area (Å²) in [6.45, 7) is 11.5. The molecule has 0 N–H and O–H groups in total. The number of imidazole rings is 1. The van der Waals surface area contributed by atoms with Crippen LogP contribution in [0.3, 0.4) is 0 Å². The van der Waals surface area contributed by atoms with Crippen LogP contribution < -0.4 is 0 Å². The Morgan fingerprint density at radius 3 is 2.70 bits per heavy atom. The van der Waals surface area contributed by atoms with Gasteiger partial charge in [-0.15, -0.1) is 0 Å². The van der Waals surface area contributed by atoms with Crippen molar-refractivity contribution in [3.8, 4) is 0 Å². The number of nitrogens with zero attached hydrogens (tertiary/aromatic N) is 3. The molecule has 3 heterocycles. The summed E-state index contributed by atoms with van der Waals surface area (Å²) < 4.78 is 9.14. The zero-order valence-corrected chi connectivity index (χ0v) is 16.9. The van der Waals surface area contributed by atoms with E-state index in [0.29, 0.717) is 6.10 Å². The van der Waals surface area contributed by atoms with Crippen LogP contribution in [0.2, 0.25) is 0 Å². The first-order chi connectivity index (χ1) is 13.0. The summed E-state index contributed by atoms with van der Waals surface area (Å²) >= 11 is 0. The van der Waals surface area contributed by atoms with Crippen molar-refractivity contribution in [2.24, 2.45) is 0 Å². The standard InChI is InChI=1S/C23H31N3O/c1-16(2)15-21-17(3)26-14-9-18-7-5-6-8-20(18)22(23(26)24-21)27-19-10-12-25(4)13-11-19/h5-8,19,22H,1,9-15H2,2-4H3. The first kappa shape index (κ1) is 18.5. The van der Waals surface area contributed by atoms with Crippen LogP contribution in [0.1, 0.15) is 54.2 Å². The van der Waals surface area contributed by atoms with E-state index < -0.39 is 0 Å². The molecule has 0 aliphatic carbocycles. The van der Waals surface area contributed by atoms with E-state index in [1.165, 1.54) is 16.8 Å². The molecule has 2 aliphatic heterocycles. The zero-order chi connectivity index (χ0) is 19.0. The average molecular weight is 366 g/mol. The molecular weight excluding hydrogens is 334 g/mol. The number of benzene rings is 1. The van der Waals surface area contributed by atoms with Gasteiger partial charge in [-0.2, -0.15) is 0 Å². The molecule has 0 amide bonds. The second-order valence-corrected chi connectivity index (χ2v) is 8.26. The lowest BCUT2D eigenvalue weighted by Gasteiger charge is -2.32.